The van der Waals surface area contributed by atoms with Crippen molar-refractivity contribution < 1.29 is 14.4 Å². The molecule has 1 saturated heterocycles. The van der Waals surface area contributed by atoms with Crippen molar-refractivity contribution in [2.45, 2.75) is 52.1 Å². The summed E-state index contributed by atoms with van der Waals surface area (Å²) in [6, 6.07) is 16.3. The molecule has 1 fully saturated rings. The third-order valence-corrected chi connectivity index (χ3v) is 5.82. The van der Waals surface area contributed by atoms with E-state index in [0.29, 0.717) is 11.4 Å². The molecular weight excluding hydrogens is 404 g/mol. The first-order chi connectivity index (χ1) is 15.3. The van der Waals surface area contributed by atoms with E-state index in [0.717, 1.165) is 24.8 Å². The third kappa shape index (κ3) is 6.09. The fourth-order valence-corrected chi connectivity index (χ4v) is 4.21. The number of urea groups is 1. The zero-order valence-electron chi connectivity index (χ0n) is 19.0. The van der Waals surface area contributed by atoms with Gasteiger partial charge in [0, 0.05) is 23.5 Å². The average molecular weight is 437 g/mol. The summed E-state index contributed by atoms with van der Waals surface area (Å²) < 4.78 is 0. The molecule has 2 aromatic rings. The zero-order chi connectivity index (χ0) is 23.1. The van der Waals surface area contributed by atoms with Crippen molar-refractivity contribution in [3.8, 4) is 0 Å². The third-order valence-electron chi connectivity index (χ3n) is 5.82. The number of benzene rings is 2. The number of piperidine rings is 1. The second kappa shape index (κ2) is 10.8. The molecule has 7 nitrogen and oxygen atoms in total. The molecular formula is C25H32N4O3. The molecule has 2 N–H and O–H groups in total. The lowest BCUT2D eigenvalue weighted by molar-refractivity contribution is -0.136. The molecule has 2 atom stereocenters. The number of hydrogen-bond donors (Lipinski definition) is 2. The Bertz CT molecular complexity index is 937. The number of likely N-dealkylation sites (tertiary alicyclic amines) is 1. The van der Waals surface area contributed by atoms with Gasteiger partial charge in [-0.2, -0.15) is 0 Å². The smallest absolute Gasteiger partial charge is 0.319 e. The van der Waals surface area contributed by atoms with Gasteiger partial charge in [0.25, 0.3) is 0 Å². The minimum absolute atomic E-state index is 0.0568. The van der Waals surface area contributed by atoms with Crippen molar-refractivity contribution in [2.75, 3.05) is 23.3 Å². The lowest BCUT2D eigenvalue weighted by Crippen LogP contribution is -2.53. The summed E-state index contributed by atoms with van der Waals surface area (Å²) in [5.41, 5.74) is 2.30. The van der Waals surface area contributed by atoms with Crippen molar-refractivity contribution in [1.29, 1.82) is 0 Å². The first-order valence-electron chi connectivity index (χ1n) is 11.1. The Morgan fingerprint density at radius 2 is 1.69 bits per heavy atom. The van der Waals surface area contributed by atoms with Crippen molar-refractivity contribution >= 4 is 29.2 Å². The van der Waals surface area contributed by atoms with Crippen molar-refractivity contribution in [1.82, 2.24) is 10.2 Å². The maximum absolute atomic E-state index is 13.2. The molecule has 2 unspecified atom stereocenters. The summed E-state index contributed by atoms with van der Waals surface area (Å²) in [5, 5.41) is 5.33. The van der Waals surface area contributed by atoms with Crippen LogP contribution >= 0.6 is 0 Å². The number of para-hydroxylation sites is 1. The minimum Gasteiger partial charge on any atom is -0.336 e. The molecule has 2 aromatic carbocycles. The highest BCUT2D eigenvalue weighted by molar-refractivity contribution is 6.02. The van der Waals surface area contributed by atoms with E-state index in [1.165, 1.54) is 4.90 Å². The quantitative estimate of drug-likeness (QED) is 0.720. The number of amides is 4. The van der Waals surface area contributed by atoms with Gasteiger partial charge in [0.1, 0.15) is 6.54 Å². The maximum Gasteiger partial charge on any atom is 0.319 e. The van der Waals surface area contributed by atoms with Crippen LogP contribution in [0.2, 0.25) is 0 Å². The first-order valence-corrected chi connectivity index (χ1v) is 11.1. The second-order valence-corrected chi connectivity index (χ2v) is 8.42. The molecule has 1 aliphatic heterocycles. The van der Waals surface area contributed by atoms with E-state index in [1.54, 1.807) is 18.2 Å². The van der Waals surface area contributed by atoms with Crippen molar-refractivity contribution in [3.63, 3.8) is 0 Å². The number of nitrogens with zero attached hydrogens (tertiary/aromatic N) is 2. The van der Waals surface area contributed by atoms with Gasteiger partial charge in [-0.3, -0.25) is 9.59 Å². The topological polar surface area (TPSA) is 81.8 Å². The number of hydrogen-bond acceptors (Lipinski definition) is 3. The van der Waals surface area contributed by atoms with Gasteiger partial charge in [0.2, 0.25) is 11.8 Å². The monoisotopic (exact) mass is 436 g/mol. The lowest BCUT2D eigenvalue weighted by Gasteiger charge is -2.40. The maximum atomic E-state index is 13.2. The van der Waals surface area contributed by atoms with Crippen LogP contribution < -0.4 is 15.5 Å². The molecule has 7 heteroatoms. The van der Waals surface area contributed by atoms with Crippen LogP contribution in [0.4, 0.5) is 16.2 Å². The van der Waals surface area contributed by atoms with Gasteiger partial charge < -0.3 is 20.4 Å². The van der Waals surface area contributed by atoms with E-state index >= 15 is 0 Å². The normalized spacial score (nSPS) is 18.0. The van der Waals surface area contributed by atoms with Crippen LogP contribution in [-0.2, 0) is 9.59 Å². The van der Waals surface area contributed by atoms with E-state index in [4.69, 9.17) is 0 Å². The van der Waals surface area contributed by atoms with Crippen LogP contribution in [0.3, 0.4) is 0 Å². The molecule has 170 valence electrons. The molecule has 3 rings (SSSR count). The number of aryl methyl sites for hydroxylation is 1. The molecule has 0 radical (unpaired) electrons. The number of rotatable bonds is 6. The van der Waals surface area contributed by atoms with Gasteiger partial charge in [-0.1, -0.05) is 30.3 Å². The summed E-state index contributed by atoms with van der Waals surface area (Å²) >= 11 is 0. The number of carbonyl (C=O) groups excluding carboxylic acids is 3. The predicted octanol–water partition coefficient (Wildman–Crippen LogP) is 3.94. The molecule has 4 amide bonds. The van der Waals surface area contributed by atoms with Crippen LogP contribution in [-0.4, -0.2) is 47.9 Å². The van der Waals surface area contributed by atoms with E-state index in [2.05, 4.69) is 24.5 Å². The predicted molar refractivity (Wildman–Crippen MR) is 127 cm³/mol. The highest BCUT2D eigenvalue weighted by Gasteiger charge is 2.31. The van der Waals surface area contributed by atoms with Crippen molar-refractivity contribution in [3.05, 3.63) is 60.2 Å². The van der Waals surface area contributed by atoms with Crippen LogP contribution in [0.5, 0.6) is 0 Å². The van der Waals surface area contributed by atoms with E-state index in [9.17, 15) is 14.4 Å². The molecule has 1 heterocycles. The fourth-order valence-electron chi connectivity index (χ4n) is 4.21. The standard InChI is InChI=1S/C25H32N4O3/c1-18-9-7-12-21(15-18)27-25(32)26-16-23(30)28(22-13-5-4-6-14-22)17-24(31)29-19(2)10-8-11-20(29)3/h4-7,9,12-15,19-20H,8,10-11,16-17H2,1-3H3,(H2,26,27,32). The Kier molecular flexibility index (Phi) is 7.87. The summed E-state index contributed by atoms with van der Waals surface area (Å²) in [7, 11) is 0. The summed E-state index contributed by atoms with van der Waals surface area (Å²) in [6.45, 7) is 5.77. The molecule has 0 spiro atoms. The minimum atomic E-state index is -0.471. The Morgan fingerprint density at radius 3 is 2.34 bits per heavy atom. The summed E-state index contributed by atoms with van der Waals surface area (Å²) in [5.74, 6) is -0.424. The molecule has 1 aliphatic rings. The number of carbonyl (C=O) groups is 3. The first kappa shape index (κ1) is 23.3. The lowest BCUT2D eigenvalue weighted by atomic mass is 9.97. The van der Waals surface area contributed by atoms with Gasteiger partial charge >= 0.3 is 6.03 Å². The fraction of sp³-hybridized carbons (Fsp3) is 0.400. The molecule has 0 saturated carbocycles. The zero-order valence-corrected chi connectivity index (χ0v) is 19.0. The Labute approximate surface area is 189 Å². The molecule has 0 aliphatic carbocycles. The van der Waals surface area contributed by atoms with E-state index in [-0.39, 0.29) is 37.0 Å². The molecule has 0 bridgehead atoms. The van der Waals surface area contributed by atoms with Gasteiger partial charge in [0.05, 0.1) is 6.54 Å². The van der Waals surface area contributed by atoms with Gasteiger partial charge in [0.15, 0.2) is 0 Å². The summed E-state index contributed by atoms with van der Waals surface area (Å²) in [6.07, 6.45) is 3.04. The van der Waals surface area contributed by atoms with Gasteiger partial charge in [-0.15, -0.1) is 0 Å². The van der Waals surface area contributed by atoms with Crippen LogP contribution in [0, 0.1) is 6.92 Å². The highest BCUT2D eigenvalue weighted by Crippen LogP contribution is 2.23. The van der Waals surface area contributed by atoms with Gasteiger partial charge in [-0.05, 0) is 69.9 Å². The Hall–Kier alpha value is -3.35. The van der Waals surface area contributed by atoms with Crippen LogP contribution in [0.25, 0.3) is 0 Å². The van der Waals surface area contributed by atoms with E-state index < -0.39 is 6.03 Å². The Balaban J connectivity index is 1.66. The van der Waals surface area contributed by atoms with Crippen LogP contribution in [0.15, 0.2) is 54.6 Å². The highest BCUT2D eigenvalue weighted by atomic mass is 16.2. The largest absolute Gasteiger partial charge is 0.336 e. The SMILES string of the molecule is Cc1cccc(NC(=O)NCC(=O)N(CC(=O)N2C(C)CCCC2C)c2ccccc2)c1. The van der Waals surface area contributed by atoms with Crippen LogP contribution in [0.1, 0.15) is 38.7 Å². The molecule has 32 heavy (non-hydrogen) atoms. The van der Waals surface area contributed by atoms with E-state index in [1.807, 2.05) is 48.2 Å². The van der Waals surface area contributed by atoms with Gasteiger partial charge in [-0.25, -0.2) is 4.79 Å². The van der Waals surface area contributed by atoms with Crippen molar-refractivity contribution in [2.24, 2.45) is 0 Å². The number of anilines is 2. The average Bonchev–Trinajstić information content (AvgIpc) is 2.76. The summed E-state index contributed by atoms with van der Waals surface area (Å²) in [4.78, 5) is 41.8. The number of nitrogens with one attached hydrogen (secondary N) is 2. The molecule has 0 aromatic heterocycles. The second-order valence-electron chi connectivity index (χ2n) is 8.42. The Morgan fingerprint density at radius 1 is 1.00 bits per heavy atom.